The highest BCUT2D eigenvalue weighted by atomic mass is 16.7. The minimum absolute atomic E-state index is 0.111. The summed E-state index contributed by atoms with van der Waals surface area (Å²) in [6, 6.07) is 11.5. The van der Waals surface area contributed by atoms with Crippen LogP contribution in [0.4, 0.5) is 11.5 Å². The number of benzene rings is 1. The summed E-state index contributed by atoms with van der Waals surface area (Å²) in [6.07, 6.45) is 2.71. The van der Waals surface area contributed by atoms with E-state index >= 15 is 0 Å². The van der Waals surface area contributed by atoms with E-state index in [1.165, 1.54) is 0 Å². The summed E-state index contributed by atoms with van der Waals surface area (Å²) in [6.45, 7) is 0.947. The molecule has 89 valence electrons. The first-order chi connectivity index (χ1) is 8.92. The highest BCUT2D eigenvalue weighted by molar-refractivity contribution is 5.57. The molecule has 1 atom stereocenters. The standard InChI is InChI=1S/C14H12N3O/c1-2-4-12-11(3-1)13(18-17-12)10-7-9-5-6-15-14(9)16-8-10/h1-4,8,13,17H,5-6H2,(H,15,16). The molecule has 1 unspecified atom stereocenters. The van der Waals surface area contributed by atoms with Crippen molar-refractivity contribution in [2.45, 2.75) is 12.5 Å². The first-order valence-corrected chi connectivity index (χ1v) is 6.07. The molecular formula is C14H12N3O. The van der Waals surface area contributed by atoms with E-state index in [1.54, 1.807) is 0 Å². The van der Waals surface area contributed by atoms with Gasteiger partial charge in [-0.05, 0) is 18.6 Å². The molecule has 1 aromatic heterocycles. The van der Waals surface area contributed by atoms with Gasteiger partial charge in [-0.25, -0.2) is 4.98 Å². The number of fused-ring (bicyclic) bond motifs is 2. The van der Waals surface area contributed by atoms with Gasteiger partial charge in [-0.2, -0.15) is 0 Å². The molecule has 0 saturated heterocycles. The number of nitrogens with zero attached hydrogens (tertiary/aromatic N) is 1. The number of rotatable bonds is 1. The molecule has 0 bridgehead atoms. The Morgan fingerprint density at radius 2 is 2.28 bits per heavy atom. The minimum Gasteiger partial charge on any atom is -0.369 e. The number of anilines is 2. The monoisotopic (exact) mass is 238 g/mol. The van der Waals surface area contributed by atoms with E-state index < -0.39 is 0 Å². The van der Waals surface area contributed by atoms with Crippen LogP contribution in [-0.2, 0) is 11.3 Å². The second-order valence-electron chi connectivity index (χ2n) is 4.53. The van der Waals surface area contributed by atoms with E-state index in [4.69, 9.17) is 4.84 Å². The number of aromatic nitrogens is 1. The van der Waals surface area contributed by atoms with Crippen molar-refractivity contribution in [2.75, 3.05) is 17.3 Å². The van der Waals surface area contributed by atoms with Gasteiger partial charge in [0, 0.05) is 29.4 Å². The van der Waals surface area contributed by atoms with Crippen LogP contribution < -0.4 is 10.8 Å². The summed E-state index contributed by atoms with van der Waals surface area (Å²) >= 11 is 0. The summed E-state index contributed by atoms with van der Waals surface area (Å²) < 4.78 is 0. The fourth-order valence-electron chi connectivity index (χ4n) is 2.49. The van der Waals surface area contributed by atoms with Crippen LogP contribution in [0.25, 0.3) is 0 Å². The van der Waals surface area contributed by atoms with Crippen LogP contribution in [0.5, 0.6) is 0 Å². The highest BCUT2D eigenvalue weighted by Gasteiger charge is 2.26. The second-order valence-corrected chi connectivity index (χ2v) is 4.53. The van der Waals surface area contributed by atoms with Crippen LogP contribution in [0.2, 0.25) is 0 Å². The van der Waals surface area contributed by atoms with Gasteiger partial charge >= 0.3 is 0 Å². The van der Waals surface area contributed by atoms with Gasteiger partial charge < -0.3 is 5.32 Å². The van der Waals surface area contributed by atoms with Crippen LogP contribution in [0.1, 0.15) is 22.8 Å². The van der Waals surface area contributed by atoms with Gasteiger partial charge in [0.05, 0.1) is 5.69 Å². The smallest absolute Gasteiger partial charge is 0.140 e. The molecule has 0 aliphatic carbocycles. The summed E-state index contributed by atoms with van der Waals surface area (Å²) in [5.41, 5.74) is 7.25. The van der Waals surface area contributed by atoms with Crippen LogP contribution in [0, 0.1) is 6.07 Å². The molecule has 2 aliphatic rings. The summed E-state index contributed by atoms with van der Waals surface area (Å²) in [4.78, 5) is 10.1. The van der Waals surface area contributed by atoms with Crippen LogP contribution in [-0.4, -0.2) is 11.5 Å². The SMILES string of the molecule is [c]1c(C2ONc3ccccc32)cnc2c1CCN2. The maximum Gasteiger partial charge on any atom is 0.140 e. The Morgan fingerprint density at radius 1 is 1.33 bits per heavy atom. The molecule has 0 spiro atoms. The molecule has 2 aliphatic heterocycles. The molecule has 1 radical (unpaired) electrons. The van der Waals surface area contributed by atoms with E-state index in [-0.39, 0.29) is 6.10 Å². The van der Waals surface area contributed by atoms with Gasteiger partial charge in [0.15, 0.2) is 0 Å². The Morgan fingerprint density at radius 3 is 3.28 bits per heavy atom. The van der Waals surface area contributed by atoms with Gasteiger partial charge in [0.2, 0.25) is 0 Å². The average molecular weight is 238 g/mol. The zero-order valence-electron chi connectivity index (χ0n) is 9.73. The van der Waals surface area contributed by atoms with E-state index in [0.29, 0.717) is 0 Å². The van der Waals surface area contributed by atoms with Crippen molar-refractivity contribution in [2.24, 2.45) is 0 Å². The Hall–Kier alpha value is -2.07. The second kappa shape index (κ2) is 3.71. The lowest BCUT2D eigenvalue weighted by Gasteiger charge is -2.10. The number of nitrogens with one attached hydrogen (secondary N) is 2. The van der Waals surface area contributed by atoms with E-state index in [0.717, 1.165) is 41.2 Å². The van der Waals surface area contributed by atoms with E-state index in [9.17, 15) is 0 Å². The van der Waals surface area contributed by atoms with Gasteiger partial charge in [-0.15, -0.1) is 0 Å². The molecule has 4 heteroatoms. The van der Waals surface area contributed by atoms with Crippen molar-refractivity contribution in [1.82, 2.24) is 4.98 Å². The zero-order valence-corrected chi connectivity index (χ0v) is 9.73. The number of hydrogen-bond donors (Lipinski definition) is 2. The molecule has 2 N–H and O–H groups in total. The Bertz CT molecular complexity index is 612. The van der Waals surface area contributed by atoms with Gasteiger partial charge in [0.1, 0.15) is 11.9 Å². The minimum atomic E-state index is -0.111. The lowest BCUT2D eigenvalue weighted by Crippen LogP contribution is -2.02. The Kier molecular flexibility index (Phi) is 2.04. The zero-order chi connectivity index (χ0) is 11.9. The molecule has 4 nitrogen and oxygen atoms in total. The van der Waals surface area contributed by atoms with Crippen molar-refractivity contribution >= 4 is 11.5 Å². The van der Waals surface area contributed by atoms with E-state index in [2.05, 4.69) is 27.9 Å². The van der Waals surface area contributed by atoms with Crippen molar-refractivity contribution in [3.63, 3.8) is 0 Å². The highest BCUT2D eigenvalue weighted by Crippen LogP contribution is 2.37. The molecule has 0 amide bonds. The normalized spacial score (nSPS) is 19.9. The summed E-state index contributed by atoms with van der Waals surface area (Å²) in [5, 5.41) is 3.24. The molecule has 2 aromatic rings. The van der Waals surface area contributed by atoms with Gasteiger partial charge in [-0.3, -0.25) is 10.3 Å². The predicted octanol–water partition coefficient (Wildman–Crippen LogP) is 2.30. The average Bonchev–Trinajstić information content (AvgIpc) is 3.04. The quantitative estimate of drug-likeness (QED) is 0.800. The molecule has 0 saturated carbocycles. The molecule has 18 heavy (non-hydrogen) atoms. The van der Waals surface area contributed by atoms with Crippen molar-refractivity contribution in [1.29, 1.82) is 0 Å². The van der Waals surface area contributed by atoms with Crippen molar-refractivity contribution < 1.29 is 4.84 Å². The first kappa shape index (κ1) is 9.91. The maximum atomic E-state index is 5.63. The molecular weight excluding hydrogens is 226 g/mol. The first-order valence-electron chi connectivity index (χ1n) is 6.07. The third kappa shape index (κ3) is 1.39. The van der Waals surface area contributed by atoms with E-state index in [1.807, 2.05) is 24.4 Å². The Labute approximate surface area is 105 Å². The number of para-hydroxylation sites is 1. The van der Waals surface area contributed by atoms with Gasteiger partial charge in [-0.1, -0.05) is 18.2 Å². The summed E-state index contributed by atoms with van der Waals surface area (Å²) in [5.74, 6) is 0.956. The van der Waals surface area contributed by atoms with Gasteiger partial charge in [0.25, 0.3) is 0 Å². The third-order valence-corrected chi connectivity index (χ3v) is 3.39. The number of pyridine rings is 1. The maximum absolute atomic E-state index is 5.63. The van der Waals surface area contributed by atoms with Crippen LogP contribution in [0.15, 0.2) is 30.5 Å². The molecule has 4 rings (SSSR count). The summed E-state index contributed by atoms with van der Waals surface area (Å²) in [7, 11) is 0. The topological polar surface area (TPSA) is 46.2 Å². The fraction of sp³-hybridized carbons (Fsp3) is 0.214. The largest absolute Gasteiger partial charge is 0.369 e. The van der Waals surface area contributed by atoms with Crippen molar-refractivity contribution in [3.8, 4) is 0 Å². The Balaban J connectivity index is 1.77. The van der Waals surface area contributed by atoms with Crippen LogP contribution in [0.3, 0.4) is 0 Å². The fourth-order valence-corrected chi connectivity index (χ4v) is 2.49. The predicted molar refractivity (Wildman–Crippen MR) is 68.3 cm³/mol. The lowest BCUT2D eigenvalue weighted by molar-refractivity contribution is 0.154. The molecule has 0 fully saturated rings. The lowest BCUT2D eigenvalue weighted by atomic mass is 10.0. The molecule has 3 heterocycles. The number of hydrogen-bond acceptors (Lipinski definition) is 4. The van der Waals surface area contributed by atoms with Crippen LogP contribution >= 0.6 is 0 Å². The molecule has 1 aromatic carbocycles. The third-order valence-electron chi connectivity index (χ3n) is 3.39. The van der Waals surface area contributed by atoms with Crippen molar-refractivity contribution in [3.05, 3.63) is 53.2 Å².